The lowest BCUT2D eigenvalue weighted by atomic mass is 10.1. The van der Waals surface area contributed by atoms with Crippen LogP contribution in [0.15, 0.2) is 18.2 Å². The summed E-state index contributed by atoms with van der Waals surface area (Å²) >= 11 is 6.00. The van der Waals surface area contributed by atoms with E-state index < -0.39 is 0 Å². The van der Waals surface area contributed by atoms with Crippen molar-refractivity contribution in [2.45, 2.75) is 13.0 Å². The predicted octanol–water partition coefficient (Wildman–Crippen LogP) is 2.37. The first-order chi connectivity index (χ1) is 5.66. The minimum Gasteiger partial charge on any atom is -0.495 e. The average molecular weight is 186 g/mol. The first-order valence-corrected chi connectivity index (χ1v) is 4.12. The highest BCUT2D eigenvalue weighted by atomic mass is 35.5. The molecule has 3 heteroatoms. The van der Waals surface area contributed by atoms with E-state index in [0.29, 0.717) is 10.8 Å². The summed E-state index contributed by atoms with van der Waals surface area (Å²) < 4.78 is 5.05. The van der Waals surface area contributed by atoms with Crippen molar-refractivity contribution in [3.63, 3.8) is 0 Å². The monoisotopic (exact) mass is 185 g/mol. The number of nitrogens with two attached hydrogens (primary N) is 1. The molecule has 1 unspecified atom stereocenters. The molecule has 2 N–H and O–H groups in total. The van der Waals surface area contributed by atoms with Crippen molar-refractivity contribution in [2.75, 3.05) is 7.11 Å². The maximum absolute atomic E-state index is 6.00. The van der Waals surface area contributed by atoms with Gasteiger partial charge in [0, 0.05) is 6.04 Å². The second kappa shape index (κ2) is 3.78. The molecule has 0 saturated carbocycles. The number of halogens is 1. The molecule has 1 aromatic rings. The van der Waals surface area contributed by atoms with Crippen LogP contribution in [0, 0.1) is 0 Å². The molecule has 0 aliphatic carbocycles. The molecule has 1 aromatic carbocycles. The van der Waals surface area contributed by atoms with Crippen molar-refractivity contribution in [3.05, 3.63) is 28.8 Å². The Hall–Kier alpha value is -0.730. The van der Waals surface area contributed by atoms with Crippen molar-refractivity contribution in [3.8, 4) is 5.75 Å². The molecular formula is C9H12ClNO. The van der Waals surface area contributed by atoms with Gasteiger partial charge in [0.15, 0.2) is 0 Å². The van der Waals surface area contributed by atoms with Gasteiger partial charge in [-0.2, -0.15) is 0 Å². The highest BCUT2D eigenvalue weighted by Gasteiger charge is 2.08. The van der Waals surface area contributed by atoms with E-state index >= 15 is 0 Å². The first kappa shape index (κ1) is 9.36. The second-order valence-electron chi connectivity index (χ2n) is 2.65. The van der Waals surface area contributed by atoms with Gasteiger partial charge in [0.2, 0.25) is 0 Å². The van der Waals surface area contributed by atoms with Gasteiger partial charge in [0.05, 0.1) is 12.1 Å². The van der Waals surface area contributed by atoms with Crippen molar-refractivity contribution >= 4 is 11.6 Å². The zero-order valence-electron chi connectivity index (χ0n) is 7.17. The molecule has 2 nitrogen and oxygen atoms in total. The molecule has 0 aliphatic rings. The van der Waals surface area contributed by atoms with Gasteiger partial charge in [-0.25, -0.2) is 0 Å². The van der Waals surface area contributed by atoms with Crippen LogP contribution in [0.2, 0.25) is 5.02 Å². The summed E-state index contributed by atoms with van der Waals surface area (Å²) in [5.74, 6) is 0.673. The summed E-state index contributed by atoms with van der Waals surface area (Å²) in [6.07, 6.45) is 0. The minimum atomic E-state index is -0.0624. The molecule has 1 rings (SSSR count). The van der Waals surface area contributed by atoms with Crippen molar-refractivity contribution in [1.82, 2.24) is 0 Å². The van der Waals surface area contributed by atoms with Crippen LogP contribution in [0.1, 0.15) is 18.5 Å². The normalized spacial score (nSPS) is 12.7. The maximum atomic E-state index is 6.00. The van der Waals surface area contributed by atoms with Crippen LogP contribution < -0.4 is 10.5 Å². The molecule has 0 bridgehead atoms. The van der Waals surface area contributed by atoms with E-state index in [1.54, 1.807) is 7.11 Å². The van der Waals surface area contributed by atoms with Crippen molar-refractivity contribution in [1.29, 1.82) is 0 Å². The smallest absolute Gasteiger partial charge is 0.137 e. The average Bonchev–Trinajstić information content (AvgIpc) is 2.04. The molecular weight excluding hydrogens is 174 g/mol. The molecule has 0 saturated heterocycles. The maximum Gasteiger partial charge on any atom is 0.137 e. The van der Waals surface area contributed by atoms with Gasteiger partial charge in [0.25, 0.3) is 0 Å². The largest absolute Gasteiger partial charge is 0.495 e. The Morgan fingerprint density at radius 2 is 2.17 bits per heavy atom. The summed E-state index contributed by atoms with van der Waals surface area (Å²) in [4.78, 5) is 0. The third-order valence-electron chi connectivity index (χ3n) is 1.70. The summed E-state index contributed by atoms with van der Waals surface area (Å²) in [5, 5.41) is 0.606. The fourth-order valence-corrected chi connectivity index (χ4v) is 1.41. The molecule has 0 spiro atoms. The summed E-state index contributed by atoms with van der Waals surface area (Å²) in [6, 6.07) is 5.53. The van der Waals surface area contributed by atoms with Gasteiger partial charge in [-0.3, -0.25) is 0 Å². The minimum absolute atomic E-state index is 0.0624. The molecule has 0 amide bonds. The van der Waals surface area contributed by atoms with Crippen LogP contribution in [0.4, 0.5) is 0 Å². The Morgan fingerprint density at radius 1 is 1.50 bits per heavy atom. The van der Waals surface area contributed by atoms with Gasteiger partial charge in [-0.15, -0.1) is 0 Å². The van der Waals surface area contributed by atoms with E-state index in [4.69, 9.17) is 22.1 Å². The Balaban J connectivity index is 3.14. The number of methoxy groups -OCH3 is 1. The number of rotatable bonds is 2. The number of ether oxygens (including phenoxy) is 1. The lowest BCUT2D eigenvalue weighted by Gasteiger charge is -2.10. The number of benzene rings is 1. The van der Waals surface area contributed by atoms with E-state index in [1.165, 1.54) is 0 Å². The van der Waals surface area contributed by atoms with Gasteiger partial charge in [-0.1, -0.05) is 23.7 Å². The van der Waals surface area contributed by atoms with Gasteiger partial charge in [-0.05, 0) is 18.6 Å². The number of hydrogen-bond acceptors (Lipinski definition) is 2. The molecule has 0 fully saturated rings. The van der Waals surface area contributed by atoms with Crippen LogP contribution in [0.5, 0.6) is 5.75 Å². The number of hydrogen-bond donors (Lipinski definition) is 1. The Morgan fingerprint density at radius 3 is 2.67 bits per heavy atom. The topological polar surface area (TPSA) is 35.2 Å². The predicted molar refractivity (Wildman–Crippen MR) is 50.6 cm³/mol. The molecule has 12 heavy (non-hydrogen) atoms. The van der Waals surface area contributed by atoms with E-state index in [-0.39, 0.29) is 6.04 Å². The molecule has 0 radical (unpaired) electrons. The van der Waals surface area contributed by atoms with E-state index in [2.05, 4.69) is 0 Å². The molecule has 1 atom stereocenters. The Kier molecular flexibility index (Phi) is 2.95. The van der Waals surface area contributed by atoms with Gasteiger partial charge < -0.3 is 10.5 Å². The zero-order valence-corrected chi connectivity index (χ0v) is 7.93. The highest BCUT2D eigenvalue weighted by Crippen LogP contribution is 2.30. The lowest BCUT2D eigenvalue weighted by Crippen LogP contribution is -2.05. The summed E-state index contributed by atoms with van der Waals surface area (Å²) in [6.45, 7) is 1.89. The molecule has 0 aliphatic heterocycles. The Labute approximate surface area is 77.3 Å². The fraction of sp³-hybridized carbons (Fsp3) is 0.333. The lowest BCUT2D eigenvalue weighted by molar-refractivity contribution is 0.414. The van der Waals surface area contributed by atoms with E-state index in [1.807, 2.05) is 25.1 Å². The second-order valence-corrected chi connectivity index (χ2v) is 3.03. The van der Waals surface area contributed by atoms with Crippen LogP contribution in [0.25, 0.3) is 0 Å². The van der Waals surface area contributed by atoms with Crippen LogP contribution in [0.3, 0.4) is 0 Å². The van der Waals surface area contributed by atoms with Crippen LogP contribution in [-0.2, 0) is 0 Å². The van der Waals surface area contributed by atoms with Crippen LogP contribution >= 0.6 is 11.6 Å². The third kappa shape index (κ3) is 1.71. The van der Waals surface area contributed by atoms with Crippen LogP contribution in [-0.4, -0.2) is 7.11 Å². The highest BCUT2D eigenvalue weighted by molar-refractivity contribution is 6.32. The summed E-state index contributed by atoms with van der Waals surface area (Å²) in [7, 11) is 1.59. The van der Waals surface area contributed by atoms with E-state index in [9.17, 15) is 0 Å². The van der Waals surface area contributed by atoms with Gasteiger partial charge >= 0.3 is 0 Å². The molecule has 66 valence electrons. The van der Waals surface area contributed by atoms with E-state index in [0.717, 1.165) is 5.56 Å². The first-order valence-electron chi connectivity index (χ1n) is 3.74. The quantitative estimate of drug-likeness (QED) is 0.768. The third-order valence-corrected chi connectivity index (χ3v) is 2.11. The standard InChI is InChI=1S/C9H12ClNO/c1-6(11)7-4-3-5-8(12-2)9(7)10/h3-6H,11H2,1-2H3. The molecule has 0 heterocycles. The fourth-order valence-electron chi connectivity index (χ4n) is 1.04. The molecule has 0 aromatic heterocycles. The Bertz CT molecular complexity index is 273. The van der Waals surface area contributed by atoms with Crippen molar-refractivity contribution in [2.24, 2.45) is 5.73 Å². The summed E-state index contributed by atoms with van der Waals surface area (Å²) in [5.41, 5.74) is 6.61. The zero-order chi connectivity index (χ0) is 9.14. The van der Waals surface area contributed by atoms with Crippen molar-refractivity contribution < 1.29 is 4.74 Å². The SMILES string of the molecule is COc1cccc(C(C)N)c1Cl. The van der Waals surface area contributed by atoms with Gasteiger partial charge in [0.1, 0.15) is 5.75 Å².